The number of rotatable bonds is 7. The number of hydrogen-bond acceptors (Lipinski definition) is 4. The molecule has 0 fully saturated rings. The molecule has 1 atom stereocenters. The summed E-state index contributed by atoms with van der Waals surface area (Å²) in [6, 6.07) is 5.04. The van der Waals surface area contributed by atoms with Crippen molar-refractivity contribution in [2.24, 2.45) is 5.92 Å². The van der Waals surface area contributed by atoms with E-state index in [9.17, 15) is 4.79 Å². The molecule has 0 amide bonds. The van der Waals surface area contributed by atoms with E-state index in [0.29, 0.717) is 19.1 Å². The fourth-order valence-electron chi connectivity index (χ4n) is 1.71. The van der Waals surface area contributed by atoms with Crippen LogP contribution in [0.15, 0.2) is 18.2 Å². The van der Waals surface area contributed by atoms with Gasteiger partial charge in [-0.15, -0.1) is 0 Å². The first-order chi connectivity index (χ1) is 8.95. The molecule has 0 radical (unpaired) electrons. The topological polar surface area (TPSA) is 84.6 Å². The van der Waals surface area contributed by atoms with Crippen molar-refractivity contribution in [2.75, 3.05) is 24.3 Å². The molecule has 0 aliphatic rings. The Morgan fingerprint density at radius 3 is 2.63 bits per heavy atom. The van der Waals surface area contributed by atoms with Crippen molar-refractivity contribution in [1.29, 1.82) is 0 Å². The Balaban J connectivity index is 2.79. The van der Waals surface area contributed by atoms with Crippen LogP contribution in [0.25, 0.3) is 0 Å². The number of nitrogen functional groups attached to an aromatic ring is 1. The van der Waals surface area contributed by atoms with Crippen LogP contribution < -0.4 is 11.1 Å². The van der Waals surface area contributed by atoms with Crippen molar-refractivity contribution in [1.82, 2.24) is 0 Å². The summed E-state index contributed by atoms with van der Waals surface area (Å²) in [6.07, 6.45) is 0. The van der Waals surface area contributed by atoms with E-state index in [1.54, 1.807) is 12.1 Å². The molecule has 0 spiro atoms. The SMILES string of the molecule is CCOCC(Nc1ccc(C(=O)O)c(N)c1)C(C)C. The summed E-state index contributed by atoms with van der Waals surface area (Å²) in [5, 5.41) is 12.2. The van der Waals surface area contributed by atoms with E-state index >= 15 is 0 Å². The van der Waals surface area contributed by atoms with Crippen molar-refractivity contribution >= 4 is 17.3 Å². The average Bonchev–Trinajstić information content (AvgIpc) is 2.33. The third-order valence-corrected chi connectivity index (χ3v) is 2.94. The molecule has 0 aromatic heterocycles. The summed E-state index contributed by atoms with van der Waals surface area (Å²) in [6.45, 7) is 7.44. The van der Waals surface area contributed by atoms with Crippen LogP contribution >= 0.6 is 0 Å². The van der Waals surface area contributed by atoms with Crippen LogP contribution in [0, 0.1) is 5.92 Å². The molecule has 5 heteroatoms. The summed E-state index contributed by atoms with van der Waals surface area (Å²) in [7, 11) is 0. The van der Waals surface area contributed by atoms with Gasteiger partial charge in [0.1, 0.15) is 0 Å². The van der Waals surface area contributed by atoms with Gasteiger partial charge in [-0.1, -0.05) is 13.8 Å². The average molecular weight is 266 g/mol. The van der Waals surface area contributed by atoms with Gasteiger partial charge in [0.25, 0.3) is 0 Å². The molecular weight excluding hydrogens is 244 g/mol. The second-order valence-electron chi connectivity index (χ2n) is 4.76. The van der Waals surface area contributed by atoms with E-state index in [1.807, 2.05) is 6.92 Å². The lowest BCUT2D eigenvalue weighted by atomic mass is 10.0. The predicted molar refractivity (Wildman–Crippen MR) is 76.6 cm³/mol. The molecule has 0 saturated heterocycles. The smallest absolute Gasteiger partial charge is 0.337 e. The lowest BCUT2D eigenvalue weighted by molar-refractivity contribution is 0.0698. The second-order valence-corrected chi connectivity index (χ2v) is 4.76. The highest BCUT2D eigenvalue weighted by Gasteiger charge is 2.14. The van der Waals surface area contributed by atoms with Crippen LogP contribution in [-0.2, 0) is 4.74 Å². The zero-order valence-electron chi connectivity index (χ0n) is 11.6. The Labute approximate surface area is 113 Å². The van der Waals surface area contributed by atoms with Crippen molar-refractivity contribution in [2.45, 2.75) is 26.8 Å². The third-order valence-electron chi connectivity index (χ3n) is 2.94. The van der Waals surface area contributed by atoms with Crippen LogP contribution in [0.3, 0.4) is 0 Å². The van der Waals surface area contributed by atoms with Gasteiger partial charge in [0.15, 0.2) is 0 Å². The number of nitrogens with one attached hydrogen (secondary N) is 1. The van der Waals surface area contributed by atoms with Gasteiger partial charge in [0, 0.05) is 18.0 Å². The van der Waals surface area contributed by atoms with Crippen molar-refractivity contribution in [3.8, 4) is 0 Å². The maximum absolute atomic E-state index is 10.9. The molecule has 0 heterocycles. The van der Waals surface area contributed by atoms with Crippen LogP contribution in [0.1, 0.15) is 31.1 Å². The molecule has 0 aliphatic heterocycles. The molecule has 0 bridgehead atoms. The fraction of sp³-hybridized carbons (Fsp3) is 0.500. The maximum atomic E-state index is 10.9. The van der Waals surface area contributed by atoms with Gasteiger partial charge in [0.2, 0.25) is 0 Å². The first kappa shape index (κ1) is 15.3. The minimum atomic E-state index is -1.02. The molecular formula is C14H22N2O3. The highest BCUT2D eigenvalue weighted by atomic mass is 16.5. The number of carbonyl (C=O) groups is 1. The Bertz CT molecular complexity index is 433. The number of carboxylic acids is 1. The van der Waals surface area contributed by atoms with Crippen LogP contribution in [-0.4, -0.2) is 30.3 Å². The van der Waals surface area contributed by atoms with Crippen LogP contribution in [0.2, 0.25) is 0 Å². The van der Waals surface area contributed by atoms with E-state index in [0.717, 1.165) is 5.69 Å². The zero-order valence-corrected chi connectivity index (χ0v) is 11.6. The molecule has 1 aromatic carbocycles. The van der Waals surface area contributed by atoms with Gasteiger partial charge >= 0.3 is 5.97 Å². The molecule has 0 aliphatic carbocycles. The van der Waals surface area contributed by atoms with Crippen LogP contribution in [0.5, 0.6) is 0 Å². The Kier molecular flexibility index (Phi) is 5.63. The summed E-state index contributed by atoms with van der Waals surface area (Å²) >= 11 is 0. The Hall–Kier alpha value is -1.75. The third kappa shape index (κ3) is 4.44. The number of hydrogen-bond donors (Lipinski definition) is 3. The molecule has 4 N–H and O–H groups in total. The highest BCUT2D eigenvalue weighted by molar-refractivity contribution is 5.94. The number of carboxylic acid groups (broad SMARTS) is 1. The molecule has 1 unspecified atom stereocenters. The van der Waals surface area contributed by atoms with E-state index in [4.69, 9.17) is 15.6 Å². The molecule has 106 valence electrons. The minimum absolute atomic E-state index is 0.122. The first-order valence-corrected chi connectivity index (χ1v) is 6.42. The Morgan fingerprint density at radius 1 is 1.47 bits per heavy atom. The van der Waals surface area contributed by atoms with Crippen molar-refractivity contribution < 1.29 is 14.6 Å². The largest absolute Gasteiger partial charge is 0.478 e. The van der Waals surface area contributed by atoms with Gasteiger partial charge in [-0.05, 0) is 31.0 Å². The van der Waals surface area contributed by atoms with E-state index in [-0.39, 0.29) is 17.3 Å². The summed E-state index contributed by atoms with van der Waals surface area (Å²) in [5.74, 6) is -0.620. The van der Waals surface area contributed by atoms with Gasteiger partial charge in [0.05, 0.1) is 18.2 Å². The maximum Gasteiger partial charge on any atom is 0.337 e. The zero-order chi connectivity index (χ0) is 14.4. The monoisotopic (exact) mass is 266 g/mol. The van der Waals surface area contributed by atoms with Gasteiger partial charge in [-0.2, -0.15) is 0 Å². The summed E-state index contributed by atoms with van der Waals surface area (Å²) in [4.78, 5) is 10.9. The van der Waals surface area contributed by atoms with Crippen LogP contribution in [0.4, 0.5) is 11.4 Å². The molecule has 0 saturated carbocycles. The predicted octanol–water partition coefficient (Wildman–Crippen LogP) is 2.44. The van der Waals surface area contributed by atoms with Crippen molar-refractivity contribution in [3.63, 3.8) is 0 Å². The lowest BCUT2D eigenvalue weighted by Crippen LogP contribution is -2.31. The number of ether oxygens (including phenoxy) is 1. The lowest BCUT2D eigenvalue weighted by Gasteiger charge is -2.23. The number of anilines is 2. The number of benzene rings is 1. The van der Waals surface area contributed by atoms with Gasteiger partial charge in [-0.3, -0.25) is 0 Å². The normalized spacial score (nSPS) is 12.4. The quantitative estimate of drug-likeness (QED) is 0.660. The van der Waals surface area contributed by atoms with Gasteiger partial charge < -0.3 is 20.9 Å². The minimum Gasteiger partial charge on any atom is -0.478 e. The molecule has 5 nitrogen and oxygen atoms in total. The van der Waals surface area contributed by atoms with Crippen molar-refractivity contribution in [3.05, 3.63) is 23.8 Å². The van der Waals surface area contributed by atoms with E-state index < -0.39 is 5.97 Å². The summed E-state index contributed by atoms with van der Waals surface area (Å²) < 4.78 is 5.43. The second kappa shape index (κ2) is 6.99. The molecule has 1 rings (SSSR count). The van der Waals surface area contributed by atoms with E-state index in [2.05, 4.69) is 19.2 Å². The Morgan fingerprint density at radius 2 is 2.16 bits per heavy atom. The standard InChI is InChI=1S/C14H22N2O3/c1-4-19-8-13(9(2)3)16-10-5-6-11(14(17)18)12(15)7-10/h5-7,9,13,16H,4,8,15H2,1-3H3,(H,17,18). The van der Waals surface area contributed by atoms with E-state index in [1.165, 1.54) is 6.07 Å². The molecule has 19 heavy (non-hydrogen) atoms. The van der Waals surface area contributed by atoms with Gasteiger partial charge in [-0.25, -0.2) is 4.79 Å². The summed E-state index contributed by atoms with van der Waals surface area (Å²) in [5.41, 5.74) is 6.91. The number of nitrogens with two attached hydrogens (primary N) is 1. The fourth-order valence-corrected chi connectivity index (χ4v) is 1.71. The first-order valence-electron chi connectivity index (χ1n) is 6.42. The highest BCUT2D eigenvalue weighted by Crippen LogP contribution is 2.20. The number of aromatic carboxylic acids is 1. The molecule has 1 aromatic rings.